The number of urea groups is 1. The van der Waals surface area contributed by atoms with Crippen molar-refractivity contribution < 1.29 is 28.6 Å². The number of halogens is 1. The van der Waals surface area contributed by atoms with E-state index in [1.54, 1.807) is 0 Å². The fourth-order valence-corrected chi connectivity index (χ4v) is 2.64. The fraction of sp³-hybridized carbons (Fsp3) is 0.450. The molecule has 0 saturated carbocycles. The Labute approximate surface area is 180 Å². The van der Waals surface area contributed by atoms with Crippen molar-refractivity contribution in [3.63, 3.8) is 0 Å². The minimum atomic E-state index is -1.51. The van der Waals surface area contributed by atoms with Crippen molar-refractivity contribution in [3.8, 4) is 11.8 Å². The van der Waals surface area contributed by atoms with Crippen LogP contribution < -0.4 is 4.74 Å². The molecular weight excluding hydrogens is 413 g/mol. The third-order valence-corrected chi connectivity index (χ3v) is 4.85. The first kappa shape index (κ1) is 25.3. The van der Waals surface area contributed by atoms with Gasteiger partial charge in [-0.3, -0.25) is 4.90 Å². The number of hydrogen-bond donors (Lipinski definition) is 2. The zero-order chi connectivity index (χ0) is 23.1. The second kappa shape index (κ2) is 10.8. The molecule has 1 atom stereocenters. The van der Waals surface area contributed by atoms with Crippen LogP contribution in [0.3, 0.4) is 0 Å². The predicted molar refractivity (Wildman–Crippen MR) is 112 cm³/mol. The lowest BCUT2D eigenvalue weighted by Gasteiger charge is -2.37. The number of carbonyl (C=O) groups excluding carboxylic acids is 1. The van der Waals surface area contributed by atoms with Gasteiger partial charge in [0.25, 0.3) is 0 Å². The van der Waals surface area contributed by atoms with E-state index in [0.717, 1.165) is 9.80 Å². The molecule has 1 N–H and O–H groups in total. The van der Waals surface area contributed by atoms with E-state index in [-0.39, 0.29) is 24.6 Å². The molecule has 0 fully saturated rings. The maximum Gasteiger partial charge on any atom is 0.329 e. The highest BCUT2D eigenvalue weighted by molar-refractivity contribution is 7.84. The van der Waals surface area contributed by atoms with Crippen LogP contribution in [0.15, 0.2) is 29.8 Å². The van der Waals surface area contributed by atoms with E-state index >= 15 is 0 Å². The van der Waals surface area contributed by atoms with E-state index in [1.165, 1.54) is 46.2 Å². The molecule has 0 bridgehead atoms. The summed E-state index contributed by atoms with van der Waals surface area (Å²) in [5.41, 5.74) is -1.19. The van der Waals surface area contributed by atoms with E-state index < -0.39 is 29.5 Å². The molecule has 2 amide bonds. The molecule has 0 aliphatic rings. The Morgan fingerprint density at radius 1 is 1.43 bits per heavy atom. The van der Waals surface area contributed by atoms with Gasteiger partial charge in [-0.25, -0.2) is 14.0 Å². The Hall–Kier alpha value is -2.77. The van der Waals surface area contributed by atoms with Crippen LogP contribution in [0, 0.1) is 17.1 Å². The Morgan fingerprint density at radius 2 is 2.07 bits per heavy atom. The number of carboxylic acid groups (broad SMARTS) is 1. The molecule has 1 aromatic carbocycles. The molecule has 0 aliphatic carbocycles. The molecule has 164 valence electrons. The number of thiol groups is 1. The van der Waals surface area contributed by atoms with Crippen molar-refractivity contribution in [3.05, 3.63) is 41.2 Å². The molecule has 0 aromatic heterocycles. The van der Waals surface area contributed by atoms with E-state index in [0.29, 0.717) is 11.3 Å². The lowest BCUT2D eigenvalue weighted by molar-refractivity contribution is -0.147. The maximum atomic E-state index is 13.9. The van der Waals surface area contributed by atoms with Gasteiger partial charge in [-0.2, -0.15) is 5.26 Å². The zero-order valence-corrected chi connectivity index (χ0v) is 18.3. The van der Waals surface area contributed by atoms with Crippen LogP contribution in [-0.4, -0.2) is 59.8 Å². The van der Waals surface area contributed by atoms with Crippen LogP contribution in [0.4, 0.5) is 9.18 Å². The molecule has 0 unspecified atom stereocenters. The minimum Gasteiger partial charge on any atom is -0.496 e. The molecular formula is C20H26FN3O5S. The molecule has 1 rings (SSSR count). The number of carbonyl (C=O) groups is 2. The number of likely N-dealkylation sites (N-methyl/N-ethyl adjacent to an activating group) is 1. The Kier molecular flexibility index (Phi) is 9.14. The molecule has 0 radical (unpaired) electrons. The summed E-state index contributed by atoms with van der Waals surface area (Å²) in [7, 11) is 2.75. The first-order valence-corrected chi connectivity index (χ1v) is 9.40. The molecule has 1 aromatic rings. The third kappa shape index (κ3) is 6.11. The standard InChI is InChI=1S/C20H26FN3O5S/c1-13(30)24(19(27)23(4)20(2,3)18(25)26)12-17(29-10-6-9-22)15-11-14(21)7-8-16(15)28-5/h7-8,11,17,30H,1,6,10,12H2,2-5H3,(H,25,26)/t17-/m0/s1. The van der Waals surface area contributed by atoms with Crippen LogP contribution in [-0.2, 0) is 9.53 Å². The zero-order valence-electron chi connectivity index (χ0n) is 17.4. The van der Waals surface area contributed by atoms with Gasteiger partial charge >= 0.3 is 12.0 Å². The van der Waals surface area contributed by atoms with Gasteiger partial charge in [-0.15, -0.1) is 12.6 Å². The quantitative estimate of drug-likeness (QED) is 0.428. The Morgan fingerprint density at radius 3 is 2.57 bits per heavy atom. The van der Waals surface area contributed by atoms with Crippen LogP contribution in [0.25, 0.3) is 0 Å². The molecule has 30 heavy (non-hydrogen) atoms. The first-order chi connectivity index (χ1) is 14.0. The van der Waals surface area contributed by atoms with Crippen molar-refractivity contribution in [2.24, 2.45) is 0 Å². The van der Waals surface area contributed by atoms with Crippen molar-refractivity contribution in [1.82, 2.24) is 9.80 Å². The van der Waals surface area contributed by atoms with Gasteiger partial charge in [-0.1, -0.05) is 6.58 Å². The van der Waals surface area contributed by atoms with E-state index in [9.17, 15) is 19.1 Å². The lowest BCUT2D eigenvalue weighted by atomic mass is 10.0. The maximum absolute atomic E-state index is 13.9. The predicted octanol–water partition coefficient (Wildman–Crippen LogP) is 3.42. The number of nitriles is 1. The van der Waals surface area contributed by atoms with Crippen LogP contribution >= 0.6 is 12.6 Å². The summed E-state index contributed by atoms with van der Waals surface area (Å²) in [6.07, 6.45) is -0.811. The SMILES string of the molecule is C=C(S)N(C[C@H](OCCC#N)c1cc(F)ccc1OC)C(=O)N(C)C(C)(C)C(=O)O. The monoisotopic (exact) mass is 439 g/mol. The summed E-state index contributed by atoms with van der Waals surface area (Å²) in [4.78, 5) is 26.7. The summed E-state index contributed by atoms with van der Waals surface area (Å²) in [5.74, 6) is -1.40. The summed E-state index contributed by atoms with van der Waals surface area (Å²) >= 11 is 4.16. The Balaban J connectivity index is 3.31. The summed E-state index contributed by atoms with van der Waals surface area (Å²) in [6.45, 7) is 6.29. The number of nitrogens with zero attached hydrogens (tertiary/aromatic N) is 3. The number of amides is 2. The van der Waals surface area contributed by atoms with Crippen LogP contribution in [0.1, 0.15) is 31.9 Å². The van der Waals surface area contributed by atoms with Crippen molar-refractivity contribution in [1.29, 1.82) is 5.26 Å². The number of hydrogen-bond acceptors (Lipinski definition) is 6. The molecule has 0 aliphatic heterocycles. The number of aliphatic carboxylic acids is 1. The normalized spacial score (nSPS) is 11.9. The summed E-state index contributed by atoms with van der Waals surface area (Å²) in [5, 5.41) is 18.3. The summed E-state index contributed by atoms with van der Waals surface area (Å²) in [6, 6.07) is 5.12. The van der Waals surface area contributed by atoms with E-state index in [1.807, 2.05) is 6.07 Å². The average molecular weight is 440 g/mol. The van der Waals surface area contributed by atoms with Gasteiger partial charge in [0.15, 0.2) is 0 Å². The number of benzene rings is 1. The molecule has 10 heteroatoms. The number of rotatable bonds is 10. The highest BCUT2D eigenvalue weighted by Gasteiger charge is 2.38. The van der Waals surface area contributed by atoms with Gasteiger partial charge in [0.1, 0.15) is 23.2 Å². The lowest BCUT2D eigenvalue weighted by Crippen LogP contribution is -2.55. The minimum absolute atomic E-state index is 0.0262. The van der Waals surface area contributed by atoms with Gasteiger partial charge in [-0.05, 0) is 32.0 Å². The van der Waals surface area contributed by atoms with Gasteiger partial charge in [0.2, 0.25) is 0 Å². The first-order valence-electron chi connectivity index (χ1n) is 8.95. The number of methoxy groups -OCH3 is 1. The van der Waals surface area contributed by atoms with Crippen LogP contribution in [0.2, 0.25) is 0 Å². The van der Waals surface area contributed by atoms with E-state index in [2.05, 4.69) is 19.2 Å². The Bertz CT molecular complexity index is 840. The third-order valence-electron chi connectivity index (χ3n) is 4.61. The number of ether oxygens (including phenoxy) is 2. The van der Waals surface area contributed by atoms with Crippen molar-refractivity contribution >= 4 is 24.6 Å². The second-order valence-corrected chi connectivity index (χ2v) is 7.40. The van der Waals surface area contributed by atoms with E-state index in [4.69, 9.17) is 14.7 Å². The molecule has 0 heterocycles. The molecule has 0 spiro atoms. The highest BCUT2D eigenvalue weighted by atomic mass is 32.1. The second-order valence-electron chi connectivity index (χ2n) is 6.89. The van der Waals surface area contributed by atoms with Gasteiger partial charge in [0, 0.05) is 12.6 Å². The molecule has 0 saturated heterocycles. The number of carboxylic acids is 1. The van der Waals surface area contributed by atoms with Crippen molar-refractivity contribution in [2.45, 2.75) is 31.9 Å². The smallest absolute Gasteiger partial charge is 0.329 e. The van der Waals surface area contributed by atoms with Crippen LogP contribution in [0.5, 0.6) is 5.75 Å². The topological polar surface area (TPSA) is 103 Å². The largest absolute Gasteiger partial charge is 0.496 e. The van der Waals surface area contributed by atoms with Gasteiger partial charge in [0.05, 0.1) is 37.8 Å². The summed E-state index contributed by atoms with van der Waals surface area (Å²) < 4.78 is 24.9. The van der Waals surface area contributed by atoms with Gasteiger partial charge < -0.3 is 19.5 Å². The molecule has 8 nitrogen and oxygen atoms in total. The highest BCUT2D eigenvalue weighted by Crippen LogP contribution is 2.31. The van der Waals surface area contributed by atoms with Crippen molar-refractivity contribution in [2.75, 3.05) is 27.3 Å². The average Bonchev–Trinajstić information content (AvgIpc) is 2.69. The fourth-order valence-electron chi connectivity index (χ4n) is 2.47.